The minimum absolute atomic E-state index is 0.0277. The van der Waals surface area contributed by atoms with Crippen LogP contribution in [0.4, 0.5) is 10.1 Å². The number of likely N-dealkylation sites (tertiary alicyclic amines) is 1. The third-order valence-corrected chi connectivity index (χ3v) is 7.81. The Labute approximate surface area is 225 Å². The van der Waals surface area contributed by atoms with Crippen LogP contribution in [0.3, 0.4) is 0 Å². The van der Waals surface area contributed by atoms with Crippen molar-refractivity contribution in [3.8, 4) is 11.3 Å². The number of hydrogen-bond donors (Lipinski definition) is 2. The first-order valence-electron chi connectivity index (χ1n) is 13.9. The lowest BCUT2D eigenvalue weighted by atomic mass is 9.89. The molecule has 0 aliphatic carbocycles. The number of nitrogens with zero attached hydrogens (tertiary/aromatic N) is 1. The molecule has 1 aliphatic heterocycles. The molecule has 4 aromatic rings. The van der Waals surface area contributed by atoms with E-state index in [0.717, 1.165) is 67.8 Å². The van der Waals surface area contributed by atoms with Gasteiger partial charge in [0.2, 0.25) is 5.91 Å². The fourth-order valence-electron chi connectivity index (χ4n) is 5.64. The Bertz CT molecular complexity index is 1420. The summed E-state index contributed by atoms with van der Waals surface area (Å²) in [6.07, 6.45) is 4.27. The number of fused-ring (bicyclic) bond motifs is 1. The highest BCUT2D eigenvalue weighted by Crippen LogP contribution is 2.33. The van der Waals surface area contributed by atoms with Crippen molar-refractivity contribution in [2.75, 3.05) is 25.0 Å². The van der Waals surface area contributed by atoms with E-state index < -0.39 is 0 Å². The number of carbonyl (C=O) groups is 1. The van der Waals surface area contributed by atoms with Gasteiger partial charge in [-0.15, -0.1) is 0 Å². The van der Waals surface area contributed by atoms with Gasteiger partial charge in [-0.1, -0.05) is 49.7 Å². The molecule has 1 amide bonds. The van der Waals surface area contributed by atoms with Crippen LogP contribution in [0.5, 0.6) is 0 Å². The van der Waals surface area contributed by atoms with Crippen LogP contribution in [0.15, 0.2) is 66.7 Å². The standard InChI is InChI=1S/C33H38FN3O/c1-22(2)33(38)35-28-10-5-7-25(21-28)24-14-17-37(18-15-24)16-6-11-29-30-19-23(3)12-13-31(30)36-32(29)26-8-4-9-27(34)20-26/h4-5,7-10,12-13,19-22,24,36H,6,11,14-18H2,1-3H3,(H,35,38). The summed E-state index contributed by atoms with van der Waals surface area (Å²) in [5.41, 5.74) is 7.78. The number of aromatic nitrogens is 1. The Balaban J connectivity index is 1.21. The van der Waals surface area contributed by atoms with E-state index in [2.05, 4.69) is 58.5 Å². The predicted molar refractivity (Wildman–Crippen MR) is 155 cm³/mol. The molecule has 198 valence electrons. The minimum Gasteiger partial charge on any atom is -0.354 e. The SMILES string of the molecule is Cc1ccc2[nH]c(-c3cccc(F)c3)c(CCCN3CCC(c4cccc(NC(=O)C(C)C)c4)CC3)c2c1. The molecule has 1 fully saturated rings. The number of H-pyrrole nitrogens is 1. The van der Waals surface area contributed by atoms with E-state index in [1.165, 1.54) is 28.1 Å². The molecule has 5 heteroatoms. The molecule has 0 saturated carbocycles. The number of rotatable bonds is 8. The summed E-state index contributed by atoms with van der Waals surface area (Å²) < 4.78 is 14.0. The van der Waals surface area contributed by atoms with Crippen LogP contribution in [-0.2, 0) is 11.2 Å². The maximum Gasteiger partial charge on any atom is 0.226 e. The Hall–Kier alpha value is -3.44. The van der Waals surface area contributed by atoms with E-state index in [4.69, 9.17) is 0 Å². The smallest absolute Gasteiger partial charge is 0.226 e. The number of nitrogens with one attached hydrogen (secondary N) is 2. The van der Waals surface area contributed by atoms with Crippen LogP contribution < -0.4 is 5.32 Å². The van der Waals surface area contributed by atoms with Crippen molar-refractivity contribution in [3.63, 3.8) is 0 Å². The molecule has 38 heavy (non-hydrogen) atoms. The minimum atomic E-state index is -0.209. The third kappa shape index (κ3) is 5.99. The van der Waals surface area contributed by atoms with Gasteiger partial charge in [0.1, 0.15) is 5.82 Å². The molecule has 0 bridgehead atoms. The fraction of sp³-hybridized carbons (Fsp3) is 0.364. The number of amides is 1. The number of anilines is 1. The van der Waals surface area contributed by atoms with E-state index in [0.29, 0.717) is 5.92 Å². The molecule has 2 N–H and O–H groups in total. The zero-order valence-electron chi connectivity index (χ0n) is 22.7. The van der Waals surface area contributed by atoms with Gasteiger partial charge in [0.05, 0.1) is 0 Å². The van der Waals surface area contributed by atoms with Gasteiger partial charge in [-0.2, -0.15) is 0 Å². The highest BCUT2D eigenvalue weighted by atomic mass is 19.1. The van der Waals surface area contributed by atoms with Gasteiger partial charge in [0.25, 0.3) is 0 Å². The van der Waals surface area contributed by atoms with E-state index in [1.54, 1.807) is 12.1 Å². The highest BCUT2D eigenvalue weighted by molar-refractivity contribution is 5.92. The normalized spacial score (nSPS) is 14.9. The zero-order chi connectivity index (χ0) is 26.6. The average molecular weight is 512 g/mol. The molecule has 0 unspecified atom stereocenters. The molecule has 1 aliphatic rings. The second kappa shape index (κ2) is 11.5. The molecule has 0 atom stereocenters. The molecule has 0 radical (unpaired) electrons. The summed E-state index contributed by atoms with van der Waals surface area (Å²) in [6.45, 7) is 9.16. The monoisotopic (exact) mass is 511 g/mol. The van der Waals surface area contributed by atoms with Crippen LogP contribution in [0.25, 0.3) is 22.2 Å². The lowest BCUT2D eigenvalue weighted by molar-refractivity contribution is -0.118. The molecule has 3 aromatic carbocycles. The van der Waals surface area contributed by atoms with Crippen molar-refractivity contribution in [3.05, 3.63) is 89.2 Å². The van der Waals surface area contributed by atoms with Crippen LogP contribution in [0.1, 0.15) is 55.7 Å². The van der Waals surface area contributed by atoms with Crippen LogP contribution >= 0.6 is 0 Å². The number of piperidine rings is 1. The van der Waals surface area contributed by atoms with Crippen molar-refractivity contribution in [1.82, 2.24) is 9.88 Å². The topological polar surface area (TPSA) is 48.1 Å². The molecule has 4 nitrogen and oxygen atoms in total. The van der Waals surface area contributed by atoms with Crippen molar-refractivity contribution in [2.45, 2.75) is 52.4 Å². The molecule has 0 spiro atoms. The first-order valence-corrected chi connectivity index (χ1v) is 13.9. The number of hydrogen-bond acceptors (Lipinski definition) is 2. The fourth-order valence-corrected chi connectivity index (χ4v) is 5.64. The van der Waals surface area contributed by atoms with Crippen LogP contribution in [-0.4, -0.2) is 35.4 Å². The lowest BCUT2D eigenvalue weighted by Crippen LogP contribution is -2.33. The molecular weight excluding hydrogens is 473 g/mol. The van der Waals surface area contributed by atoms with Gasteiger partial charge in [0, 0.05) is 33.8 Å². The molecular formula is C33H38FN3O. The Morgan fingerprint density at radius 1 is 1.05 bits per heavy atom. The van der Waals surface area contributed by atoms with Gasteiger partial charge >= 0.3 is 0 Å². The maximum absolute atomic E-state index is 14.0. The summed E-state index contributed by atoms with van der Waals surface area (Å²) >= 11 is 0. The highest BCUT2D eigenvalue weighted by Gasteiger charge is 2.21. The quantitative estimate of drug-likeness (QED) is 0.255. The van der Waals surface area contributed by atoms with Gasteiger partial charge in [-0.25, -0.2) is 4.39 Å². The van der Waals surface area contributed by atoms with Crippen molar-refractivity contribution < 1.29 is 9.18 Å². The molecule has 2 heterocycles. The van der Waals surface area contributed by atoms with E-state index in [1.807, 2.05) is 26.0 Å². The van der Waals surface area contributed by atoms with Crippen molar-refractivity contribution >= 4 is 22.5 Å². The summed E-state index contributed by atoms with van der Waals surface area (Å²) in [6, 6.07) is 21.7. The van der Waals surface area contributed by atoms with Crippen LogP contribution in [0.2, 0.25) is 0 Å². The molecule has 5 rings (SSSR count). The Morgan fingerprint density at radius 3 is 2.61 bits per heavy atom. The third-order valence-electron chi connectivity index (χ3n) is 7.81. The van der Waals surface area contributed by atoms with Gasteiger partial charge in [-0.3, -0.25) is 4.79 Å². The Morgan fingerprint density at radius 2 is 1.84 bits per heavy atom. The first-order chi connectivity index (χ1) is 18.4. The van der Waals surface area contributed by atoms with Crippen molar-refractivity contribution in [2.24, 2.45) is 5.92 Å². The van der Waals surface area contributed by atoms with Crippen molar-refractivity contribution in [1.29, 1.82) is 0 Å². The van der Waals surface area contributed by atoms with Gasteiger partial charge in [-0.05, 0) is 106 Å². The first kappa shape index (κ1) is 26.2. The van der Waals surface area contributed by atoms with Crippen LogP contribution in [0, 0.1) is 18.7 Å². The molecule has 1 aromatic heterocycles. The summed E-state index contributed by atoms with van der Waals surface area (Å²) in [5, 5.41) is 4.28. The van der Waals surface area contributed by atoms with Gasteiger partial charge < -0.3 is 15.2 Å². The van der Waals surface area contributed by atoms with Gasteiger partial charge in [0.15, 0.2) is 0 Å². The summed E-state index contributed by atoms with van der Waals surface area (Å²) in [5.74, 6) is 0.348. The number of aromatic amines is 1. The second-order valence-corrected chi connectivity index (χ2v) is 11.0. The zero-order valence-corrected chi connectivity index (χ0v) is 22.7. The number of aryl methyl sites for hydroxylation is 2. The second-order valence-electron chi connectivity index (χ2n) is 11.0. The number of halogens is 1. The summed E-state index contributed by atoms with van der Waals surface area (Å²) in [4.78, 5) is 18.2. The van der Waals surface area contributed by atoms with E-state index in [-0.39, 0.29) is 17.6 Å². The lowest BCUT2D eigenvalue weighted by Gasteiger charge is -2.32. The largest absolute Gasteiger partial charge is 0.354 e. The summed E-state index contributed by atoms with van der Waals surface area (Å²) in [7, 11) is 0. The number of carbonyl (C=O) groups excluding carboxylic acids is 1. The Kier molecular flexibility index (Phi) is 7.94. The maximum atomic E-state index is 14.0. The molecule has 1 saturated heterocycles. The van der Waals surface area contributed by atoms with E-state index >= 15 is 0 Å². The van der Waals surface area contributed by atoms with E-state index in [9.17, 15) is 9.18 Å². The number of benzene rings is 3. The predicted octanol–water partition coefficient (Wildman–Crippen LogP) is 7.69. The average Bonchev–Trinajstić information content (AvgIpc) is 3.27.